The Hall–Kier alpha value is 0.190. The van der Waals surface area contributed by atoms with Gasteiger partial charge in [0.1, 0.15) is 0 Å². The number of quaternary nitrogens is 2. The lowest BCUT2D eigenvalue weighted by Gasteiger charge is -1.93. The van der Waals surface area contributed by atoms with Gasteiger partial charge in [-0.3, -0.25) is 9.77 Å². The molecule has 0 aromatic heterocycles. The van der Waals surface area contributed by atoms with Crippen molar-refractivity contribution in [3.8, 4) is 0 Å². The van der Waals surface area contributed by atoms with Gasteiger partial charge in [-0.2, -0.15) is 0 Å². The summed E-state index contributed by atoms with van der Waals surface area (Å²) in [6, 6.07) is 0. The van der Waals surface area contributed by atoms with E-state index in [1.807, 2.05) is 0 Å². The SMILES string of the molecule is [O-][NH2+]S[NH2+][O-]. The number of nitrogens with two attached hydrogens (primary N) is 2. The van der Waals surface area contributed by atoms with E-state index in [9.17, 15) is 0 Å². The highest BCUT2D eigenvalue weighted by molar-refractivity contribution is 7.85. The van der Waals surface area contributed by atoms with Crippen molar-refractivity contribution in [2.75, 3.05) is 0 Å². The van der Waals surface area contributed by atoms with Crippen LogP contribution in [0.5, 0.6) is 0 Å². The minimum atomic E-state index is 0.479. The third-order valence-corrected chi connectivity index (χ3v) is 0.333. The van der Waals surface area contributed by atoms with E-state index in [1.54, 1.807) is 0 Å². The Labute approximate surface area is 33.4 Å². The van der Waals surface area contributed by atoms with E-state index in [2.05, 4.69) is 0 Å². The molecule has 0 rings (SSSR count). The Morgan fingerprint density at radius 3 is 1.60 bits per heavy atom. The van der Waals surface area contributed by atoms with Gasteiger partial charge >= 0.3 is 12.1 Å². The fourth-order valence-corrected chi connectivity index (χ4v) is 0.0680. The van der Waals surface area contributed by atoms with Gasteiger partial charge in [0, 0.05) is 0 Å². The van der Waals surface area contributed by atoms with Crippen LogP contribution >= 0.6 is 12.1 Å². The minimum Gasteiger partial charge on any atom is -0.619 e. The van der Waals surface area contributed by atoms with E-state index in [4.69, 9.17) is 10.4 Å². The van der Waals surface area contributed by atoms with Gasteiger partial charge in [0.15, 0.2) is 0 Å². The Bertz CT molecular complexity index is 15.1. The summed E-state index contributed by atoms with van der Waals surface area (Å²) in [5, 5.41) is 18.3. The number of hydrogen-bond acceptors (Lipinski definition) is 3. The number of hydrogen-bond donors (Lipinski definition) is 2. The fraction of sp³-hybridized carbons (Fsp3) is 0. The van der Waals surface area contributed by atoms with Crippen LogP contribution in [0.1, 0.15) is 0 Å². The second-order valence-corrected chi connectivity index (χ2v) is 0.986. The van der Waals surface area contributed by atoms with Gasteiger partial charge in [-0.1, -0.05) is 0 Å². The molecule has 0 aromatic carbocycles. The molecular formula is H4N2O2S. The van der Waals surface area contributed by atoms with E-state index < -0.39 is 0 Å². The zero-order valence-corrected chi connectivity index (χ0v) is 3.20. The van der Waals surface area contributed by atoms with Crippen molar-refractivity contribution in [2.45, 2.75) is 0 Å². The quantitative estimate of drug-likeness (QED) is 0.299. The zero-order valence-electron chi connectivity index (χ0n) is 2.38. The molecule has 5 heteroatoms. The first-order valence-electron chi connectivity index (χ1n) is 0.943. The van der Waals surface area contributed by atoms with Crippen molar-refractivity contribution in [3.63, 3.8) is 0 Å². The Kier molecular flexibility index (Phi) is 4.35. The van der Waals surface area contributed by atoms with Crippen molar-refractivity contribution in [1.82, 2.24) is 0 Å². The molecule has 0 saturated heterocycles. The lowest BCUT2D eigenvalue weighted by atomic mass is 13.5. The first-order chi connectivity index (χ1) is 2.41. The van der Waals surface area contributed by atoms with Crippen LogP contribution in [0.15, 0.2) is 0 Å². The van der Waals surface area contributed by atoms with Crippen LogP contribution in [0, 0.1) is 10.4 Å². The molecule has 0 atom stereocenters. The first kappa shape index (κ1) is 5.19. The zero-order chi connectivity index (χ0) is 4.12. The highest BCUT2D eigenvalue weighted by Gasteiger charge is 1.66. The predicted octanol–water partition coefficient (Wildman–Crippen LogP) is -2.33. The van der Waals surface area contributed by atoms with Crippen LogP contribution in [-0.2, 0) is 0 Å². The molecule has 0 heterocycles. The van der Waals surface area contributed by atoms with E-state index in [0.29, 0.717) is 21.9 Å². The summed E-state index contributed by atoms with van der Waals surface area (Å²) in [5.74, 6) is 0. The lowest BCUT2D eigenvalue weighted by Crippen LogP contribution is -2.86. The molecule has 0 aliphatic carbocycles. The molecule has 0 unspecified atom stereocenters. The molecule has 0 aliphatic rings. The van der Waals surface area contributed by atoms with Crippen molar-refractivity contribution < 1.29 is 9.77 Å². The maximum Gasteiger partial charge on any atom is 0.317 e. The predicted molar refractivity (Wildman–Crippen MR) is 18.2 cm³/mol. The van der Waals surface area contributed by atoms with Gasteiger partial charge in [-0.05, 0) is 0 Å². The smallest absolute Gasteiger partial charge is 0.317 e. The third-order valence-electron chi connectivity index (χ3n) is 0.111. The number of rotatable bonds is 2. The molecule has 0 radical (unpaired) electrons. The van der Waals surface area contributed by atoms with Gasteiger partial charge in [0.25, 0.3) is 0 Å². The van der Waals surface area contributed by atoms with Crippen LogP contribution in [0.2, 0.25) is 0 Å². The van der Waals surface area contributed by atoms with Crippen LogP contribution in [0.3, 0.4) is 0 Å². The van der Waals surface area contributed by atoms with Crippen molar-refractivity contribution in [1.29, 1.82) is 0 Å². The van der Waals surface area contributed by atoms with E-state index in [-0.39, 0.29) is 0 Å². The van der Waals surface area contributed by atoms with Crippen LogP contribution in [0.25, 0.3) is 0 Å². The normalized spacial score (nSPS) is 8.40. The lowest BCUT2D eigenvalue weighted by molar-refractivity contribution is -0.505. The van der Waals surface area contributed by atoms with Crippen LogP contribution in [0.4, 0.5) is 0 Å². The summed E-state index contributed by atoms with van der Waals surface area (Å²) >= 11 is 0.602. The average molecular weight is 96.1 g/mol. The Balaban J connectivity index is 2.19. The molecule has 0 amide bonds. The first-order valence-corrected chi connectivity index (χ1v) is 1.89. The van der Waals surface area contributed by atoms with Crippen molar-refractivity contribution in [2.24, 2.45) is 0 Å². The molecule has 4 nitrogen and oxygen atoms in total. The largest absolute Gasteiger partial charge is 0.619 e. The highest BCUT2D eigenvalue weighted by atomic mass is 32.2. The topological polar surface area (TPSA) is 79.3 Å². The highest BCUT2D eigenvalue weighted by Crippen LogP contribution is 1.41. The molecule has 0 bridgehead atoms. The summed E-state index contributed by atoms with van der Waals surface area (Å²) in [7, 11) is 0. The standard InChI is InChI=1S/H4N2O2S/c3-1-5-2-4/h1-2H2. The molecule has 0 fully saturated rings. The Morgan fingerprint density at radius 1 is 1.20 bits per heavy atom. The maximum atomic E-state index is 9.14. The molecular weight excluding hydrogens is 92.1 g/mol. The third kappa shape index (κ3) is 4.19. The summed E-state index contributed by atoms with van der Waals surface area (Å²) in [6.07, 6.45) is 0. The molecule has 0 aromatic rings. The second-order valence-electron chi connectivity index (χ2n) is 0.329. The van der Waals surface area contributed by atoms with Crippen LogP contribution in [-0.4, -0.2) is 0 Å². The fourth-order valence-electron chi connectivity index (χ4n) is 0.0227. The summed E-state index contributed by atoms with van der Waals surface area (Å²) in [5.41, 5.74) is 0. The molecule has 0 saturated carbocycles. The molecule has 0 aliphatic heterocycles. The van der Waals surface area contributed by atoms with Crippen molar-refractivity contribution >= 4 is 12.1 Å². The molecule has 4 N–H and O–H groups in total. The maximum absolute atomic E-state index is 9.14. The van der Waals surface area contributed by atoms with E-state index in [0.717, 1.165) is 0 Å². The molecule has 5 heavy (non-hydrogen) atoms. The summed E-state index contributed by atoms with van der Waals surface area (Å²) in [4.78, 5) is 0.958. The van der Waals surface area contributed by atoms with Gasteiger partial charge in [-0.25, -0.2) is 0 Å². The van der Waals surface area contributed by atoms with Gasteiger partial charge in [0.2, 0.25) is 0 Å². The summed E-state index contributed by atoms with van der Waals surface area (Å²) in [6.45, 7) is 0. The van der Waals surface area contributed by atoms with Gasteiger partial charge < -0.3 is 10.4 Å². The molecule has 0 spiro atoms. The minimum absolute atomic E-state index is 0.479. The van der Waals surface area contributed by atoms with Crippen molar-refractivity contribution in [3.05, 3.63) is 10.4 Å². The Morgan fingerprint density at radius 2 is 1.60 bits per heavy atom. The molecule has 32 valence electrons. The van der Waals surface area contributed by atoms with E-state index >= 15 is 0 Å². The summed E-state index contributed by atoms with van der Waals surface area (Å²) < 4.78 is 0. The van der Waals surface area contributed by atoms with E-state index in [1.165, 1.54) is 0 Å². The monoisotopic (exact) mass is 96.0 g/mol. The van der Waals surface area contributed by atoms with Gasteiger partial charge in [-0.15, -0.1) is 0 Å². The average Bonchev–Trinajstić information content (AvgIpc) is 1.41. The van der Waals surface area contributed by atoms with Gasteiger partial charge in [0.05, 0.1) is 0 Å². The van der Waals surface area contributed by atoms with Crippen LogP contribution < -0.4 is 9.77 Å². The second kappa shape index (κ2) is 4.19.